The summed E-state index contributed by atoms with van der Waals surface area (Å²) in [5, 5.41) is 9.99. The Hall–Kier alpha value is -1.95. The molecule has 126 valence electrons. The number of hydrogen-bond donors (Lipinski definition) is 0. The van der Waals surface area contributed by atoms with Crippen LogP contribution in [-0.2, 0) is 16.7 Å². The molecular formula is C18H11FNNaO4S. The minimum Gasteiger partial charge on any atom is -0.744 e. The number of fused-ring (bicyclic) bond motifs is 1. The van der Waals surface area contributed by atoms with Crippen LogP contribution in [0.4, 0.5) is 4.39 Å². The summed E-state index contributed by atoms with van der Waals surface area (Å²) >= 11 is 0. The molecule has 5 nitrogen and oxygen atoms in total. The molecule has 0 radical (unpaired) electrons. The summed E-state index contributed by atoms with van der Waals surface area (Å²) in [5.74, 6) is -0.0564. The van der Waals surface area contributed by atoms with Crippen LogP contribution in [0.2, 0.25) is 0 Å². The van der Waals surface area contributed by atoms with E-state index < -0.39 is 15.9 Å². The fourth-order valence-corrected chi connectivity index (χ4v) is 2.85. The van der Waals surface area contributed by atoms with Crippen molar-refractivity contribution in [3.63, 3.8) is 0 Å². The average molecular weight is 379 g/mol. The van der Waals surface area contributed by atoms with Crippen molar-refractivity contribution in [2.45, 2.75) is 11.5 Å². The van der Waals surface area contributed by atoms with Gasteiger partial charge in [-0.3, -0.25) is 0 Å². The van der Waals surface area contributed by atoms with Gasteiger partial charge in [-0.25, -0.2) is 12.8 Å². The van der Waals surface area contributed by atoms with E-state index in [-0.39, 0.29) is 46.6 Å². The van der Waals surface area contributed by atoms with Gasteiger partial charge in [-0.2, -0.15) is 5.26 Å². The van der Waals surface area contributed by atoms with E-state index in [4.69, 9.17) is 10.00 Å². The van der Waals surface area contributed by atoms with Gasteiger partial charge in [-0.05, 0) is 47.2 Å². The molecule has 0 unspecified atom stereocenters. The zero-order valence-corrected chi connectivity index (χ0v) is 16.6. The van der Waals surface area contributed by atoms with E-state index >= 15 is 0 Å². The van der Waals surface area contributed by atoms with Crippen LogP contribution in [0, 0.1) is 17.1 Å². The predicted molar refractivity (Wildman–Crippen MR) is 87.4 cm³/mol. The van der Waals surface area contributed by atoms with Crippen LogP contribution >= 0.6 is 0 Å². The minimum atomic E-state index is -4.51. The first-order valence-corrected chi connectivity index (χ1v) is 8.59. The summed E-state index contributed by atoms with van der Waals surface area (Å²) in [6.45, 7) is -0.0178. The number of rotatable bonds is 4. The summed E-state index contributed by atoms with van der Waals surface area (Å²) in [6.07, 6.45) is 0. The molecule has 0 heterocycles. The maximum atomic E-state index is 13.8. The van der Waals surface area contributed by atoms with Crippen LogP contribution in [-0.4, -0.2) is 13.0 Å². The van der Waals surface area contributed by atoms with Gasteiger partial charge in [0, 0.05) is 5.56 Å². The van der Waals surface area contributed by atoms with E-state index in [1.54, 1.807) is 18.2 Å². The molecule has 0 aromatic heterocycles. The van der Waals surface area contributed by atoms with Crippen molar-refractivity contribution >= 4 is 20.9 Å². The summed E-state index contributed by atoms with van der Waals surface area (Å²) in [7, 11) is -4.51. The van der Waals surface area contributed by atoms with Crippen LogP contribution in [0.25, 0.3) is 10.8 Å². The van der Waals surface area contributed by atoms with Gasteiger partial charge in [0.05, 0.1) is 16.5 Å². The van der Waals surface area contributed by atoms with Crippen molar-refractivity contribution < 1.29 is 51.7 Å². The maximum Gasteiger partial charge on any atom is 1.00 e. The Kier molecular flexibility index (Phi) is 6.39. The molecule has 0 aliphatic carbocycles. The van der Waals surface area contributed by atoms with Gasteiger partial charge < -0.3 is 9.29 Å². The number of nitriles is 1. The van der Waals surface area contributed by atoms with Crippen molar-refractivity contribution in [3.05, 3.63) is 71.5 Å². The molecule has 26 heavy (non-hydrogen) atoms. The molecule has 0 atom stereocenters. The molecule has 3 aromatic rings. The van der Waals surface area contributed by atoms with E-state index in [1.165, 1.54) is 30.3 Å². The first kappa shape index (κ1) is 20.4. The first-order valence-electron chi connectivity index (χ1n) is 7.18. The number of nitrogens with zero attached hydrogens (tertiary/aromatic N) is 1. The molecule has 0 saturated heterocycles. The van der Waals surface area contributed by atoms with E-state index in [9.17, 15) is 17.4 Å². The van der Waals surface area contributed by atoms with Crippen LogP contribution in [0.15, 0.2) is 59.5 Å². The third-order valence-electron chi connectivity index (χ3n) is 3.65. The van der Waals surface area contributed by atoms with Gasteiger partial charge in [-0.15, -0.1) is 0 Å². The van der Waals surface area contributed by atoms with Gasteiger partial charge in [0.15, 0.2) is 0 Å². The Balaban J connectivity index is 0.00000243. The monoisotopic (exact) mass is 379 g/mol. The third-order valence-corrected chi connectivity index (χ3v) is 4.48. The second-order valence-electron chi connectivity index (χ2n) is 5.33. The number of benzene rings is 3. The van der Waals surface area contributed by atoms with E-state index in [0.29, 0.717) is 22.1 Å². The van der Waals surface area contributed by atoms with Crippen molar-refractivity contribution in [2.24, 2.45) is 0 Å². The summed E-state index contributed by atoms with van der Waals surface area (Å²) in [6, 6.07) is 14.9. The zero-order valence-electron chi connectivity index (χ0n) is 13.8. The van der Waals surface area contributed by atoms with Gasteiger partial charge in [0.2, 0.25) is 0 Å². The minimum absolute atomic E-state index is 0. The molecule has 0 aliphatic heterocycles. The Labute approximate surface area is 172 Å². The van der Waals surface area contributed by atoms with Crippen LogP contribution in [0.3, 0.4) is 0 Å². The van der Waals surface area contributed by atoms with Crippen molar-refractivity contribution in [2.75, 3.05) is 0 Å². The summed E-state index contributed by atoms with van der Waals surface area (Å²) in [5.41, 5.74) is 0.544. The van der Waals surface area contributed by atoms with Crippen LogP contribution < -0.4 is 34.3 Å². The van der Waals surface area contributed by atoms with E-state index in [1.807, 2.05) is 6.07 Å². The Morgan fingerprint density at radius 3 is 2.38 bits per heavy atom. The predicted octanol–water partition coefficient (Wildman–Crippen LogP) is 0.338. The first-order chi connectivity index (χ1) is 11.9. The Morgan fingerprint density at radius 2 is 1.73 bits per heavy atom. The second-order valence-corrected chi connectivity index (χ2v) is 6.71. The van der Waals surface area contributed by atoms with Crippen molar-refractivity contribution in [3.8, 4) is 11.8 Å². The quantitative estimate of drug-likeness (QED) is 0.482. The molecular weight excluding hydrogens is 368 g/mol. The zero-order chi connectivity index (χ0) is 18.0. The maximum absolute atomic E-state index is 13.8. The fraction of sp³-hybridized carbons (Fsp3) is 0.0556. The molecule has 0 N–H and O–H groups in total. The average Bonchev–Trinajstić information content (AvgIpc) is 2.59. The molecule has 0 amide bonds. The molecule has 0 saturated carbocycles. The smallest absolute Gasteiger partial charge is 0.744 e. The normalized spacial score (nSPS) is 10.8. The van der Waals surface area contributed by atoms with Gasteiger partial charge in [0.25, 0.3) is 0 Å². The second kappa shape index (κ2) is 8.16. The van der Waals surface area contributed by atoms with Gasteiger partial charge in [-0.1, -0.05) is 18.2 Å². The van der Waals surface area contributed by atoms with Crippen molar-refractivity contribution in [1.29, 1.82) is 5.26 Å². The number of halogens is 1. The topological polar surface area (TPSA) is 90.2 Å². The molecule has 0 fully saturated rings. The molecule has 0 bridgehead atoms. The third kappa shape index (κ3) is 4.61. The van der Waals surface area contributed by atoms with Crippen LogP contribution in [0.1, 0.15) is 11.1 Å². The van der Waals surface area contributed by atoms with E-state index in [2.05, 4.69) is 0 Å². The molecule has 3 aromatic carbocycles. The number of ether oxygens (including phenoxy) is 1. The molecule has 0 spiro atoms. The standard InChI is InChI=1S/C18H12FNO4S.Na/c19-18-7-12(10-20)1-2-15(18)11-24-16-5-3-14-9-17(25(21,22)23)6-4-13(14)8-16;/h1-9H,11H2,(H,21,22,23);/q;+1/p-1. The Bertz CT molecular complexity index is 1110. The molecule has 3 rings (SSSR count). The Morgan fingerprint density at radius 1 is 1.04 bits per heavy atom. The van der Waals surface area contributed by atoms with Gasteiger partial charge >= 0.3 is 29.6 Å². The summed E-state index contributed by atoms with van der Waals surface area (Å²) in [4.78, 5) is -0.298. The van der Waals surface area contributed by atoms with E-state index in [0.717, 1.165) is 6.07 Å². The summed E-state index contributed by atoms with van der Waals surface area (Å²) < 4.78 is 52.5. The SMILES string of the molecule is N#Cc1ccc(COc2ccc3cc(S(=O)(=O)[O-])ccc3c2)c(F)c1.[Na+]. The van der Waals surface area contributed by atoms with Crippen molar-refractivity contribution in [1.82, 2.24) is 0 Å². The van der Waals surface area contributed by atoms with Crippen LogP contribution in [0.5, 0.6) is 5.75 Å². The molecule has 8 heteroatoms. The molecule has 0 aliphatic rings. The fourth-order valence-electron chi connectivity index (χ4n) is 2.34. The number of hydrogen-bond acceptors (Lipinski definition) is 5. The van der Waals surface area contributed by atoms with Gasteiger partial charge in [0.1, 0.15) is 28.3 Å². The largest absolute Gasteiger partial charge is 1.00 e.